The highest BCUT2D eigenvalue weighted by Crippen LogP contribution is 2.32. The van der Waals surface area contributed by atoms with E-state index in [9.17, 15) is 23.2 Å². The maximum Gasteiger partial charge on any atom is 0.238 e. The molecule has 2 amide bonds. The lowest BCUT2D eigenvalue weighted by molar-refractivity contribution is -0.127. The van der Waals surface area contributed by atoms with Gasteiger partial charge in [0.05, 0.1) is 22.3 Å². The number of anilines is 1. The zero-order valence-corrected chi connectivity index (χ0v) is 25.1. The number of halogens is 4. The van der Waals surface area contributed by atoms with Crippen LogP contribution in [0.1, 0.15) is 41.3 Å². The van der Waals surface area contributed by atoms with Crippen LogP contribution in [0.15, 0.2) is 66.7 Å². The van der Waals surface area contributed by atoms with Crippen LogP contribution in [0.2, 0.25) is 10.0 Å². The van der Waals surface area contributed by atoms with Crippen LogP contribution in [-0.2, 0) is 9.59 Å². The van der Waals surface area contributed by atoms with Crippen molar-refractivity contribution in [1.82, 2.24) is 9.80 Å². The maximum atomic E-state index is 13.5. The molecule has 43 heavy (non-hydrogen) atoms. The molecule has 7 nitrogen and oxygen atoms in total. The summed E-state index contributed by atoms with van der Waals surface area (Å²) < 4.78 is 27.1. The third kappa shape index (κ3) is 8.70. The number of hydrogen-bond acceptors (Lipinski definition) is 5. The minimum atomic E-state index is -0.582. The molecule has 1 unspecified atom stereocenters. The summed E-state index contributed by atoms with van der Waals surface area (Å²) in [5, 5.41) is 3.01. The first-order valence-electron chi connectivity index (χ1n) is 13.8. The Morgan fingerprint density at radius 3 is 2.00 bits per heavy atom. The van der Waals surface area contributed by atoms with Crippen molar-refractivity contribution in [3.05, 3.63) is 105 Å². The lowest BCUT2D eigenvalue weighted by Gasteiger charge is -2.39. The van der Waals surface area contributed by atoms with Crippen LogP contribution < -0.4 is 11.1 Å². The van der Waals surface area contributed by atoms with E-state index in [0.717, 1.165) is 16.7 Å². The molecule has 0 spiro atoms. The zero-order chi connectivity index (χ0) is 31.1. The molecule has 1 fully saturated rings. The summed E-state index contributed by atoms with van der Waals surface area (Å²) in [6.07, 6.45) is 3.39. The van der Waals surface area contributed by atoms with Crippen LogP contribution in [0.25, 0.3) is 5.57 Å². The molecule has 0 saturated carbocycles. The fourth-order valence-corrected chi connectivity index (χ4v) is 5.62. The number of benzene rings is 3. The molecule has 4 rings (SSSR count). The number of amides is 2. The molecule has 3 N–H and O–H groups in total. The molecule has 1 aliphatic heterocycles. The van der Waals surface area contributed by atoms with Gasteiger partial charge in [-0.15, -0.1) is 0 Å². The topological polar surface area (TPSA) is 95.7 Å². The van der Waals surface area contributed by atoms with Gasteiger partial charge in [-0.1, -0.05) is 53.5 Å². The van der Waals surface area contributed by atoms with Gasteiger partial charge in [0.1, 0.15) is 17.7 Å². The second-order valence-electron chi connectivity index (χ2n) is 10.4. The molecule has 3 aromatic carbocycles. The Bertz CT molecular complexity index is 1440. The van der Waals surface area contributed by atoms with Gasteiger partial charge in [0.2, 0.25) is 11.8 Å². The molecule has 3 aromatic rings. The monoisotopic (exact) mass is 628 g/mol. The summed E-state index contributed by atoms with van der Waals surface area (Å²) in [7, 11) is 0. The van der Waals surface area contributed by atoms with E-state index in [-0.39, 0.29) is 52.1 Å². The number of primary amides is 1. The van der Waals surface area contributed by atoms with E-state index in [1.807, 2.05) is 15.9 Å². The molecule has 1 aliphatic rings. The van der Waals surface area contributed by atoms with Crippen LogP contribution in [0, 0.1) is 11.6 Å². The maximum absolute atomic E-state index is 13.5. The largest absolute Gasteiger partial charge is 0.368 e. The van der Waals surface area contributed by atoms with E-state index in [1.54, 1.807) is 24.3 Å². The number of hydrogen-bond donors (Lipinski definition) is 2. The molecule has 0 aromatic heterocycles. The fourth-order valence-electron chi connectivity index (χ4n) is 5.04. The lowest BCUT2D eigenvalue weighted by atomic mass is 9.96. The molecule has 1 saturated heterocycles. The fraction of sp³-hybridized carbons (Fsp3) is 0.281. The van der Waals surface area contributed by atoms with Crippen LogP contribution >= 0.6 is 23.2 Å². The lowest BCUT2D eigenvalue weighted by Crippen LogP contribution is -2.59. The average molecular weight is 630 g/mol. The Labute approximate surface area is 259 Å². The van der Waals surface area contributed by atoms with Crippen LogP contribution in [0.3, 0.4) is 0 Å². The number of Topliss-reactive ketones (excluding diaryl/α,β-unsaturated/α-hetero) is 1. The van der Waals surface area contributed by atoms with E-state index in [4.69, 9.17) is 28.9 Å². The van der Waals surface area contributed by atoms with Gasteiger partial charge in [-0.05, 0) is 79.4 Å². The third-order valence-electron chi connectivity index (χ3n) is 7.29. The highest BCUT2D eigenvalue weighted by atomic mass is 35.5. The van der Waals surface area contributed by atoms with Gasteiger partial charge in [-0.25, -0.2) is 8.78 Å². The Balaban J connectivity index is 1.35. The quantitative estimate of drug-likeness (QED) is 0.207. The van der Waals surface area contributed by atoms with E-state index in [0.29, 0.717) is 38.0 Å². The van der Waals surface area contributed by atoms with Crippen molar-refractivity contribution in [1.29, 1.82) is 0 Å². The van der Waals surface area contributed by atoms with Gasteiger partial charge < -0.3 is 11.1 Å². The molecule has 1 heterocycles. The molecular weight excluding hydrogens is 597 g/mol. The van der Waals surface area contributed by atoms with Crippen molar-refractivity contribution in [2.24, 2.45) is 5.73 Å². The summed E-state index contributed by atoms with van der Waals surface area (Å²) in [5.74, 6) is -1.73. The minimum Gasteiger partial charge on any atom is -0.368 e. The van der Waals surface area contributed by atoms with Crippen LogP contribution in [0.4, 0.5) is 14.5 Å². The molecule has 0 aliphatic carbocycles. The number of rotatable bonds is 11. The summed E-state index contributed by atoms with van der Waals surface area (Å²) in [6.45, 7) is 3.33. The zero-order valence-electron chi connectivity index (χ0n) is 23.6. The molecule has 11 heteroatoms. The second-order valence-corrected chi connectivity index (χ2v) is 11.2. The number of nitrogens with zero attached hydrogens (tertiary/aromatic N) is 2. The van der Waals surface area contributed by atoms with E-state index in [2.05, 4.69) is 5.32 Å². The molecule has 0 radical (unpaired) electrons. The van der Waals surface area contributed by atoms with Crippen molar-refractivity contribution in [2.75, 3.05) is 38.0 Å². The number of carbonyl (C=O) groups excluding carboxylic acids is 3. The molecular formula is C32H32Cl2F2N4O3. The highest BCUT2D eigenvalue weighted by molar-refractivity contribution is 6.40. The summed E-state index contributed by atoms with van der Waals surface area (Å²) >= 11 is 12.5. The van der Waals surface area contributed by atoms with E-state index >= 15 is 0 Å². The Hall–Kier alpha value is -3.63. The van der Waals surface area contributed by atoms with Crippen molar-refractivity contribution in [3.8, 4) is 0 Å². The molecule has 0 bridgehead atoms. The predicted octanol–water partition coefficient (Wildman–Crippen LogP) is 5.80. The number of unbranched alkanes of at least 4 members (excludes halogenated alkanes) is 1. The minimum absolute atomic E-state index is 0.000174. The second kappa shape index (κ2) is 14.7. The normalized spacial score (nSPS) is 15.6. The van der Waals surface area contributed by atoms with Gasteiger partial charge in [-0.2, -0.15) is 0 Å². The summed E-state index contributed by atoms with van der Waals surface area (Å²) in [4.78, 5) is 40.6. The van der Waals surface area contributed by atoms with Crippen LogP contribution in [0.5, 0.6) is 0 Å². The smallest absolute Gasteiger partial charge is 0.238 e. The standard InChI is InChI=1S/C32H32Cl2F2N4O3/c1-20(41)23-16-27(33)31(28(34)17-23)38-30(42)19-39-14-15-40(29(18-39)32(37)43)13-3-2-4-26(21-5-9-24(35)10-6-21)22-7-11-25(36)12-8-22/h4-12,16-17,29H,2-3,13-15,18-19H2,1H3,(H2,37,43)(H,38,42). The highest BCUT2D eigenvalue weighted by Gasteiger charge is 2.31. The first-order chi connectivity index (χ1) is 20.5. The molecule has 1 atom stereocenters. The van der Waals surface area contributed by atoms with Gasteiger partial charge in [0.25, 0.3) is 0 Å². The van der Waals surface area contributed by atoms with Gasteiger partial charge in [-0.3, -0.25) is 24.2 Å². The van der Waals surface area contributed by atoms with Crippen LogP contribution in [-0.4, -0.2) is 66.2 Å². The Kier molecular flexibility index (Phi) is 11.0. The van der Waals surface area contributed by atoms with Crippen molar-refractivity contribution < 1.29 is 23.2 Å². The predicted molar refractivity (Wildman–Crippen MR) is 165 cm³/mol. The third-order valence-corrected chi connectivity index (χ3v) is 7.89. The Morgan fingerprint density at radius 2 is 1.49 bits per heavy atom. The average Bonchev–Trinajstić information content (AvgIpc) is 2.96. The van der Waals surface area contributed by atoms with Crippen molar-refractivity contribution in [2.45, 2.75) is 25.8 Å². The number of nitrogens with one attached hydrogen (secondary N) is 1. The first-order valence-corrected chi connectivity index (χ1v) is 14.5. The number of ketones is 1. The van der Waals surface area contributed by atoms with Gasteiger partial charge in [0, 0.05) is 25.2 Å². The number of allylic oxidation sites excluding steroid dienone is 1. The van der Waals surface area contributed by atoms with Gasteiger partial charge in [0.15, 0.2) is 5.78 Å². The number of nitrogens with two attached hydrogens (primary N) is 1. The first kappa shape index (κ1) is 32.3. The number of piperazine rings is 1. The summed E-state index contributed by atoms with van der Waals surface area (Å²) in [6, 6.07) is 14.6. The van der Waals surface area contributed by atoms with Crippen molar-refractivity contribution in [3.63, 3.8) is 0 Å². The van der Waals surface area contributed by atoms with E-state index in [1.165, 1.54) is 43.3 Å². The summed E-state index contributed by atoms with van der Waals surface area (Å²) in [5.41, 5.74) is 8.78. The van der Waals surface area contributed by atoms with Gasteiger partial charge >= 0.3 is 0 Å². The number of carbonyl (C=O) groups is 3. The van der Waals surface area contributed by atoms with E-state index < -0.39 is 11.9 Å². The SMILES string of the molecule is CC(=O)c1cc(Cl)c(NC(=O)CN2CCN(CCCC=C(c3ccc(F)cc3)c3ccc(F)cc3)C(C(N)=O)C2)c(Cl)c1. The Morgan fingerprint density at radius 1 is 0.930 bits per heavy atom. The van der Waals surface area contributed by atoms with Crippen molar-refractivity contribution >= 4 is 52.1 Å². The molecule has 226 valence electrons.